The van der Waals surface area contributed by atoms with Crippen LogP contribution < -0.4 is 0 Å². The summed E-state index contributed by atoms with van der Waals surface area (Å²) < 4.78 is 0. The highest BCUT2D eigenvalue weighted by molar-refractivity contribution is 4.81. The molecule has 0 bridgehead atoms. The van der Waals surface area contributed by atoms with Crippen molar-refractivity contribution in [1.82, 2.24) is 9.80 Å². The number of piperidine rings is 2. The van der Waals surface area contributed by atoms with Crippen LogP contribution in [0.5, 0.6) is 0 Å². The lowest BCUT2D eigenvalue weighted by Gasteiger charge is -2.39. The van der Waals surface area contributed by atoms with Gasteiger partial charge in [0.25, 0.3) is 0 Å². The third kappa shape index (κ3) is 10.6. The van der Waals surface area contributed by atoms with E-state index in [9.17, 15) is 0 Å². The van der Waals surface area contributed by atoms with Gasteiger partial charge in [-0.25, -0.2) is 0 Å². The van der Waals surface area contributed by atoms with Crippen LogP contribution in [0.3, 0.4) is 0 Å². The first-order valence-corrected chi connectivity index (χ1v) is 9.96. The number of nitrogens with zero attached hydrogens (tertiary/aromatic N) is 2. The molecule has 0 aromatic heterocycles. The zero-order chi connectivity index (χ0) is 17.6. The molecule has 0 amide bonds. The molecule has 2 saturated heterocycles. The summed E-state index contributed by atoms with van der Waals surface area (Å²) in [4.78, 5) is 5.18. The van der Waals surface area contributed by atoms with Crippen LogP contribution in [0, 0.1) is 11.3 Å². The molecule has 2 fully saturated rings. The topological polar surface area (TPSA) is 6.48 Å². The van der Waals surface area contributed by atoms with Crippen LogP contribution in [0.15, 0.2) is 0 Å². The van der Waals surface area contributed by atoms with Crippen molar-refractivity contribution in [1.29, 1.82) is 0 Å². The van der Waals surface area contributed by atoms with Gasteiger partial charge in [0.15, 0.2) is 0 Å². The number of hydrogen-bond acceptors (Lipinski definition) is 2. The van der Waals surface area contributed by atoms with E-state index in [1.54, 1.807) is 0 Å². The number of hydrogen-bond donors (Lipinski definition) is 0. The van der Waals surface area contributed by atoms with E-state index in [4.69, 9.17) is 0 Å². The van der Waals surface area contributed by atoms with Crippen molar-refractivity contribution >= 4 is 0 Å². The summed E-state index contributed by atoms with van der Waals surface area (Å²) >= 11 is 0. The average Bonchev–Trinajstić information content (AvgIpc) is 2.57. The van der Waals surface area contributed by atoms with Crippen molar-refractivity contribution in [2.45, 2.75) is 81.1 Å². The van der Waals surface area contributed by atoms with Gasteiger partial charge in [-0.15, -0.1) is 0 Å². The van der Waals surface area contributed by atoms with E-state index in [1.165, 1.54) is 58.4 Å². The molecule has 0 N–H and O–H groups in total. The summed E-state index contributed by atoms with van der Waals surface area (Å²) in [6.07, 6.45) is 5.60. The molecule has 2 nitrogen and oxygen atoms in total. The predicted molar refractivity (Wildman–Crippen MR) is 104 cm³/mol. The monoisotopic (exact) mass is 314 g/mol. The zero-order valence-electron chi connectivity index (χ0n) is 17.3. The fourth-order valence-electron chi connectivity index (χ4n) is 2.95. The highest BCUT2D eigenvalue weighted by Crippen LogP contribution is 2.30. The maximum Gasteiger partial charge on any atom is 0.00106 e. The maximum atomic E-state index is 2.71. The van der Waals surface area contributed by atoms with E-state index in [1.807, 2.05) is 41.5 Å². The Labute approximate surface area is 142 Å². The number of rotatable bonds is 2. The van der Waals surface area contributed by atoms with E-state index in [-0.39, 0.29) is 0 Å². The summed E-state index contributed by atoms with van der Waals surface area (Å²) in [6, 6.07) is 0. The van der Waals surface area contributed by atoms with Crippen LogP contribution in [-0.2, 0) is 0 Å². The Kier molecular flexibility index (Phi) is 15.9. The van der Waals surface area contributed by atoms with Crippen LogP contribution >= 0.6 is 0 Å². The van der Waals surface area contributed by atoms with Crippen molar-refractivity contribution < 1.29 is 0 Å². The SMILES string of the molecule is CC.CC.CC.CN1CCC(CN2CCC(C)(C)CC2)CC1. The Balaban J connectivity index is 0. The van der Waals surface area contributed by atoms with E-state index in [0.29, 0.717) is 5.41 Å². The lowest BCUT2D eigenvalue weighted by atomic mass is 9.82. The second-order valence-corrected chi connectivity index (χ2v) is 6.71. The van der Waals surface area contributed by atoms with Crippen molar-refractivity contribution in [3.63, 3.8) is 0 Å². The molecule has 0 atom stereocenters. The predicted octanol–water partition coefficient (Wildman–Crippen LogP) is 5.53. The molecule has 0 aromatic rings. The largest absolute Gasteiger partial charge is 0.306 e. The molecule has 0 unspecified atom stereocenters. The van der Waals surface area contributed by atoms with E-state index < -0.39 is 0 Å². The van der Waals surface area contributed by atoms with Gasteiger partial charge >= 0.3 is 0 Å². The lowest BCUT2D eigenvalue weighted by Crippen LogP contribution is -2.42. The maximum absolute atomic E-state index is 2.71. The second kappa shape index (κ2) is 14.5. The van der Waals surface area contributed by atoms with Gasteiger partial charge in [-0.05, 0) is 70.2 Å². The average molecular weight is 315 g/mol. The van der Waals surface area contributed by atoms with Crippen LogP contribution in [0.1, 0.15) is 81.1 Å². The Morgan fingerprint density at radius 2 is 1.18 bits per heavy atom. The molecular formula is C20H46N2. The first kappa shape index (κ1) is 24.2. The van der Waals surface area contributed by atoms with Crippen LogP contribution in [0.4, 0.5) is 0 Å². The van der Waals surface area contributed by atoms with Crippen LogP contribution in [-0.4, -0.2) is 49.6 Å². The Hall–Kier alpha value is -0.0800. The van der Waals surface area contributed by atoms with Crippen molar-refractivity contribution in [3.8, 4) is 0 Å². The summed E-state index contributed by atoms with van der Waals surface area (Å²) in [6.45, 7) is 23.5. The number of likely N-dealkylation sites (tertiary alicyclic amines) is 2. The quantitative estimate of drug-likeness (QED) is 0.661. The van der Waals surface area contributed by atoms with Gasteiger partial charge < -0.3 is 9.80 Å². The molecule has 2 rings (SSSR count). The zero-order valence-corrected chi connectivity index (χ0v) is 17.3. The Morgan fingerprint density at radius 3 is 1.59 bits per heavy atom. The van der Waals surface area contributed by atoms with Gasteiger partial charge in [-0.2, -0.15) is 0 Å². The molecular weight excluding hydrogens is 268 g/mol. The van der Waals surface area contributed by atoms with Gasteiger partial charge in [0.05, 0.1) is 0 Å². The highest BCUT2D eigenvalue weighted by atomic mass is 15.1. The molecule has 2 aliphatic heterocycles. The molecule has 2 aliphatic rings. The molecule has 0 spiro atoms. The van der Waals surface area contributed by atoms with Crippen LogP contribution in [0.2, 0.25) is 0 Å². The lowest BCUT2D eigenvalue weighted by molar-refractivity contribution is 0.0983. The fraction of sp³-hybridized carbons (Fsp3) is 1.00. The normalized spacial score (nSPS) is 22.2. The van der Waals surface area contributed by atoms with Crippen molar-refractivity contribution in [2.24, 2.45) is 11.3 Å². The second-order valence-electron chi connectivity index (χ2n) is 6.71. The third-order valence-electron chi connectivity index (χ3n) is 4.56. The first-order valence-electron chi connectivity index (χ1n) is 9.96. The van der Waals surface area contributed by atoms with Crippen LogP contribution in [0.25, 0.3) is 0 Å². The fourth-order valence-corrected chi connectivity index (χ4v) is 2.95. The molecule has 2 heterocycles. The van der Waals surface area contributed by atoms with E-state index >= 15 is 0 Å². The molecule has 0 radical (unpaired) electrons. The molecule has 136 valence electrons. The molecule has 0 aliphatic carbocycles. The minimum absolute atomic E-state index is 0.600. The summed E-state index contributed by atoms with van der Waals surface area (Å²) in [5.41, 5.74) is 0.600. The molecule has 0 saturated carbocycles. The van der Waals surface area contributed by atoms with Gasteiger partial charge in [-0.1, -0.05) is 55.4 Å². The Bertz CT molecular complexity index is 208. The minimum Gasteiger partial charge on any atom is -0.306 e. The highest BCUT2D eigenvalue weighted by Gasteiger charge is 2.27. The summed E-state index contributed by atoms with van der Waals surface area (Å²) in [7, 11) is 2.25. The molecule has 22 heavy (non-hydrogen) atoms. The Morgan fingerprint density at radius 1 is 0.773 bits per heavy atom. The van der Waals surface area contributed by atoms with E-state index in [2.05, 4.69) is 30.7 Å². The smallest absolute Gasteiger partial charge is 0.00106 e. The third-order valence-corrected chi connectivity index (χ3v) is 4.56. The molecule has 2 heteroatoms. The standard InChI is InChI=1S/C14H28N2.3C2H6/c1-14(2)6-10-16(11-7-14)12-13-4-8-15(3)9-5-13;3*1-2/h13H,4-12H2,1-3H3;3*1-2H3. The minimum atomic E-state index is 0.600. The van der Waals surface area contributed by atoms with Gasteiger partial charge in [-0.3, -0.25) is 0 Å². The van der Waals surface area contributed by atoms with Gasteiger partial charge in [0.2, 0.25) is 0 Å². The van der Waals surface area contributed by atoms with Crippen molar-refractivity contribution in [2.75, 3.05) is 39.8 Å². The van der Waals surface area contributed by atoms with Crippen molar-refractivity contribution in [3.05, 3.63) is 0 Å². The van der Waals surface area contributed by atoms with E-state index in [0.717, 1.165) is 5.92 Å². The van der Waals surface area contributed by atoms with Gasteiger partial charge in [0.1, 0.15) is 0 Å². The summed E-state index contributed by atoms with van der Waals surface area (Å²) in [5, 5.41) is 0. The van der Waals surface area contributed by atoms with Gasteiger partial charge in [0, 0.05) is 6.54 Å². The molecule has 0 aromatic carbocycles. The summed E-state index contributed by atoms with van der Waals surface area (Å²) in [5.74, 6) is 0.970. The first-order chi connectivity index (χ1) is 10.6.